The molecule has 3 aliphatic carbocycles. The van der Waals surface area contributed by atoms with E-state index in [0.29, 0.717) is 23.7 Å². The van der Waals surface area contributed by atoms with Crippen molar-refractivity contribution in [1.82, 2.24) is 5.32 Å². The summed E-state index contributed by atoms with van der Waals surface area (Å²) in [6.07, 6.45) is 6.11. The van der Waals surface area contributed by atoms with Gasteiger partial charge in [0, 0.05) is 0 Å². The van der Waals surface area contributed by atoms with Crippen molar-refractivity contribution in [1.29, 1.82) is 0 Å². The Bertz CT molecular complexity index is 803. The molecule has 6 rings (SSSR count). The number of nitrogens with one attached hydrogen (secondary N) is 1. The normalized spacial score (nSPS) is 39.9. The zero-order valence-corrected chi connectivity index (χ0v) is 18.5. The van der Waals surface area contributed by atoms with Crippen molar-refractivity contribution >= 4 is 13.0 Å². The van der Waals surface area contributed by atoms with Crippen LogP contribution in [0.4, 0.5) is 0 Å². The predicted molar refractivity (Wildman–Crippen MR) is 118 cm³/mol. The first kappa shape index (κ1) is 20.5. The molecule has 5 aliphatic rings. The number of hydrogen-bond donors (Lipinski definition) is 2. The maximum absolute atomic E-state index is 12.9. The van der Waals surface area contributed by atoms with Gasteiger partial charge < -0.3 is 20.4 Å². The number of carbonyl (C=O) groups is 1. The Morgan fingerprint density at radius 2 is 2.03 bits per heavy atom. The first-order chi connectivity index (χ1) is 14.3. The predicted octanol–water partition coefficient (Wildman–Crippen LogP) is 3.11. The van der Waals surface area contributed by atoms with E-state index < -0.39 is 6.04 Å². The van der Waals surface area contributed by atoms with E-state index in [1.807, 2.05) is 30.3 Å². The molecule has 3 N–H and O–H groups in total. The second-order valence-electron chi connectivity index (χ2n) is 10.9. The average Bonchev–Trinajstić information content (AvgIpc) is 3.13. The molecule has 162 valence electrons. The van der Waals surface area contributed by atoms with Crippen molar-refractivity contribution in [3.05, 3.63) is 35.9 Å². The quantitative estimate of drug-likeness (QED) is 0.749. The summed E-state index contributed by atoms with van der Waals surface area (Å²) in [5.41, 5.74) is 7.48. The Morgan fingerprint density at radius 1 is 1.27 bits per heavy atom. The molecule has 1 aromatic rings. The van der Waals surface area contributed by atoms with E-state index in [4.69, 9.17) is 15.0 Å². The number of hydrogen-bond acceptors (Lipinski definition) is 4. The summed E-state index contributed by atoms with van der Waals surface area (Å²) in [7, 11) is -0.360. The molecule has 2 heterocycles. The summed E-state index contributed by atoms with van der Waals surface area (Å²) in [5.74, 6) is 1.55. The van der Waals surface area contributed by atoms with Crippen LogP contribution >= 0.6 is 0 Å². The third-order valence-electron chi connectivity index (χ3n) is 8.71. The van der Waals surface area contributed by atoms with Gasteiger partial charge in [-0.15, -0.1) is 0 Å². The molecule has 4 unspecified atom stereocenters. The highest BCUT2D eigenvalue weighted by Crippen LogP contribution is 2.67. The molecular weight excluding hydrogens is 375 g/mol. The third kappa shape index (κ3) is 3.23. The van der Waals surface area contributed by atoms with Gasteiger partial charge in [0.1, 0.15) is 0 Å². The van der Waals surface area contributed by atoms with Crippen molar-refractivity contribution in [2.75, 3.05) is 0 Å². The zero-order chi connectivity index (χ0) is 21.1. The topological polar surface area (TPSA) is 73.6 Å². The van der Waals surface area contributed by atoms with Crippen LogP contribution in [-0.2, 0) is 20.5 Å². The van der Waals surface area contributed by atoms with Crippen molar-refractivity contribution in [2.24, 2.45) is 28.9 Å². The van der Waals surface area contributed by atoms with E-state index in [2.05, 4.69) is 26.1 Å². The summed E-state index contributed by atoms with van der Waals surface area (Å²) >= 11 is 0. The van der Waals surface area contributed by atoms with E-state index in [1.165, 1.54) is 6.42 Å². The number of nitrogens with two attached hydrogens (primary N) is 1. The summed E-state index contributed by atoms with van der Waals surface area (Å²) in [5, 5.41) is 3.21. The van der Waals surface area contributed by atoms with Gasteiger partial charge in [0.25, 0.3) is 0 Å². The highest BCUT2D eigenvalue weighted by atomic mass is 16.7. The van der Waals surface area contributed by atoms with Crippen molar-refractivity contribution in [3.63, 3.8) is 0 Å². The van der Waals surface area contributed by atoms with E-state index in [1.54, 1.807) is 0 Å². The van der Waals surface area contributed by atoms with Crippen molar-refractivity contribution in [3.8, 4) is 0 Å². The molecule has 3 saturated carbocycles. The Labute approximate surface area is 180 Å². The van der Waals surface area contributed by atoms with Gasteiger partial charge in [0.05, 0.1) is 23.7 Å². The molecule has 5 nitrogen and oxygen atoms in total. The van der Waals surface area contributed by atoms with Crippen LogP contribution in [0.1, 0.15) is 58.4 Å². The van der Waals surface area contributed by atoms with Crippen LogP contribution in [0.3, 0.4) is 0 Å². The lowest BCUT2D eigenvalue weighted by Crippen LogP contribution is -2.67. The maximum Gasteiger partial charge on any atom is 0.481 e. The number of benzene rings is 1. The SMILES string of the molecule is CC1CC[C@@]23OB(OC2CC2C[C@H]3C2(C)C)[C@@H](NC(=O)C(N)Cc2ccccc2)C1. The summed E-state index contributed by atoms with van der Waals surface area (Å²) in [6, 6.07) is 9.38. The fourth-order valence-electron chi connectivity index (χ4n) is 6.75. The first-order valence-electron chi connectivity index (χ1n) is 11.7. The molecule has 2 aliphatic heterocycles. The molecule has 1 aromatic carbocycles. The Morgan fingerprint density at radius 3 is 2.77 bits per heavy atom. The molecule has 0 aromatic heterocycles. The summed E-state index contributed by atoms with van der Waals surface area (Å²) in [4.78, 5) is 12.9. The monoisotopic (exact) mass is 410 g/mol. The number of amides is 1. The van der Waals surface area contributed by atoms with Crippen LogP contribution in [0.15, 0.2) is 30.3 Å². The highest BCUT2D eigenvalue weighted by Gasteiger charge is 2.70. The second-order valence-corrected chi connectivity index (χ2v) is 10.9. The smallest absolute Gasteiger partial charge is 0.404 e. The first-order valence-corrected chi connectivity index (χ1v) is 11.7. The van der Waals surface area contributed by atoms with Crippen molar-refractivity contribution < 1.29 is 14.1 Å². The van der Waals surface area contributed by atoms with Gasteiger partial charge in [0.2, 0.25) is 5.91 Å². The maximum atomic E-state index is 12.9. The lowest BCUT2D eigenvalue weighted by Gasteiger charge is -2.65. The summed E-state index contributed by atoms with van der Waals surface area (Å²) in [6.45, 7) is 7.09. The van der Waals surface area contributed by atoms with E-state index in [9.17, 15) is 4.79 Å². The fraction of sp³-hybridized carbons (Fsp3) is 0.708. The molecule has 2 saturated heterocycles. The molecule has 0 radical (unpaired) electrons. The van der Waals surface area contributed by atoms with Crippen molar-refractivity contribution in [2.45, 2.75) is 83.0 Å². The van der Waals surface area contributed by atoms with Gasteiger partial charge in [-0.05, 0) is 67.3 Å². The Balaban J connectivity index is 1.31. The van der Waals surface area contributed by atoms with Crippen LogP contribution in [0.2, 0.25) is 0 Å². The zero-order valence-electron chi connectivity index (χ0n) is 18.5. The molecule has 4 bridgehead atoms. The summed E-state index contributed by atoms with van der Waals surface area (Å²) < 4.78 is 13.3. The highest BCUT2D eigenvalue weighted by molar-refractivity contribution is 6.48. The molecule has 6 heteroatoms. The number of carbonyl (C=O) groups excluding carboxylic acids is 1. The van der Waals surface area contributed by atoms with Gasteiger partial charge in [-0.2, -0.15) is 0 Å². The largest absolute Gasteiger partial charge is 0.481 e. The van der Waals surface area contributed by atoms with Gasteiger partial charge in [-0.1, -0.05) is 51.1 Å². The molecule has 30 heavy (non-hydrogen) atoms. The van der Waals surface area contributed by atoms with Crippen LogP contribution in [0.5, 0.6) is 0 Å². The van der Waals surface area contributed by atoms with Gasteiger partial charge in [-0.25, -0.2) is 0 Å². The van der Waals surface area contributed by atoms with Crippen LogP contribution < -0.4 is 11.1 Å². The van der Waals surface area contributed by atoms with E-state index in [0.717, 1.165) is 37.2 Å². The second kappa shape index (κ2) is 7.35. The van der Waals surface area contributed by atoms with E-state index >= 15 is 0 Å². The molecule has 1 amide bonds. The molecule has 7 atom stereocenters. The van der Waals surface area contributed by atoms with Crippen LogP contribution in [0, 0.1) is 23.2 Å². The minimum absolute atomic E-state index is 0.114. The minimum atomic E-state index is -0.572. The minimum Gasteiger partial charge on any atom is -0.404 e. The lowest BCUT2D eigenvalue weighted by molar-refractivity contribution is -0.212. The van der Waals surface area contributed by atoms with Gasteiger partial charge in [0.15, 0.2) is 0 Å². The Kier molecular flexibility index (Phi) is 5.03. The number of fused-ring (bicyclic) bond motifs is 1. The Hall–Kier alpha value is -1.37. The van der Waals surface area contributed by atoms with Crippen LogP contribution in [0.25, 0.3) is 0 Å². The lowest BCUT2D eigenvalue weighted by atomic mass is 9.42. The van der Waals surface area contributed by atoms with E-state index in [-0.39, 0.29) is 30.7 Å². The van der Waals surface area contributed by atoms with Gasteiger partial charge in [-0.3, -0.25) is 4.79 Å². The molecule has 1 spiro atoms. The molecule has 5 fully saturated rings. The fourth-order valence-corrected chi connectivity index (χ4v) is 6.75. The van der Waals surface area contributed by atoms with Crippen LogP contribution in [-0.4, -0.2) is 36.7 Å². The molecular formula is C24H35BN2O3. The van der Waals surface area contributed by atoms with Gasteiger partial charge >= 0.3 is 7.12 Å². The third-order valence-corrected chi connectivity index (χ3v) is 8.71. The number of rotatable bonds is 4. The standard InChI is InChI=1S/C24H35BN2O3/c1-15-9-10-24-19-13-17(23(19,2)3)14-20(24)29-25(30-24)21(11-15)27-22(28)18(26)12-16-7-5-4-6-8-16/h4-8,15,17-21H,9-14,26H2,1-3H3,(H,27,28)/t15?,17?,18?,19-,20?,21-,24-/m0/s1. The average molecular weight is 410 g/mol.